The van der Waals surface area contributed by atoms with Crippen LogP contribution >= 0.6 is 0 Å². The highest BCUT2D eigenvalue weighted by Crippen LogP contribution is 1.91. The second kappa shape index (κ2) is 10.1. The maximum absolute atomic E-state index is 4.11. The summed E-state index contributed by atoms with van der Waals surface area (Å²) < 4.78 is 0. The topological polar surface area (TPSA) is 77.3 Å². The molecule has 6 heteroatoms. The minimum atomic E-state index is 0.838. The Morgan fingerprint density at radius 3 is 1.50 bits per heavy atom. The quantitative estimate of drug-likeness (QED) is 0.631. The fourth-order valence-corrected chi connectivity index (χ4v) is 1.75. The van der Waals surface area contributed by atoms with Gasteiger partial charge in [0.15, 0.2) is 0 Å². The monoisotopic (exact) mass is 324 g/mol. The molecular weight excluding hydrogens is 300 g/mol. The van der Waals surface area contributed by atoms with Gasteiger partial charge in [0.05, 0.1) is 11.4 Å². The van der Waals surface area contributed by atoms with Crippen LogP contribution in [-0.2, 0) is 0 Å². The van der Waals surface area contributed by atoms with Crippen molar-refractivity contribution in [3.63, 3.8) is 0 Å². The van der Waals surface area contributed by atoms with Crippen LogP contribution in [0.15, 0.2) is 37.1 Å². The summed E-state index contributed by atoms with van der Waals surface area (Å²) in [6, 6.07) is 3.83. The molecule has 0 fully saturated rings. The van der Waals surface area contributed by atoms with Crippen LogP contribution in [-0.4, -0.2) is 29.9 Å². The van der Waals surface area contributed by atoms with Gasteiger partial charge in [0.1, 0.15) is 12.2 Å². The summed E-state index contributed by atoms with van der Waals surface area (Å²) in [5.74, 6) is 0.838. The second-order valence-electron chi connectivity index (χ2n) is 5.35. The Hall–Kier alpha value is -2.76. The van der Waals surface area contributed by atoms with E-state index in [0.29, 0.717) is 0 Å². The van der Waals surface area contributed by atoms with Crippen molar-refractivity contribution in [2.75, 3.05) is 0 Å². The van der Waals surface area contributed by atoms with Gasteiger partial charge in [-0.25, -0.2) is 19.9 Å². The normalized spacial score (nSPS) is 9.25. The van der Waals surface area contributed by atoms with Gasteiger partial charge in [-0.15, -0.1) is 0 Å². The van der Waals surface area contributed by atoms with E-state index in [2.05, 4.69) is 29.9 Å². The fraction of sp³-hybridized carbons (Fsp3) is 0.333. The number of rotatable bonds is 0. The van der Waals surface area contributed by atoms with Gasteiger partial charge >= 0.3 is 0 Å². The number of aromatic nitrogens is 6. The molecule has 0 spiro atoms. The van der Waals surface area contributed by atoms with Crippen molar-refractivity contribution in [1.29, 1.82) is 0 Å². The maximum atomic E-state index is 4.11. The van der Waals surface area contributed by atoms with E-state index in [1.807, 2.05) is 53.7 Å². The highest BCUT2D eigenvalue weighted by Gasteiger charge is 1.84. The van der Waals surface area contributed by atoms with E-state index < -0.39 is 0 Å². The van der Waals surface area contributed by atoms with Crippen LogP contribution in [0.1, 0.15) is 34.3 Å². The summed E-state index contributed by atoms with van der Waals surface area (Å²) in [6.45, 7) is 11.6. The smallest absolute Gasteiger partial charge is 0.125 e. The first-order valence-corrected chi connectivity index (χ1v) is 7.63. The van der Waals surface area contributed by atoms with Gasteiger partial charge in [0.2, 0.25) is 0 Å². The van der Waals surface area contributed by atoms with Gasteiger partial charge in [-0.05, 0) is 53.7 Å². The third-order valence-corrected chi connectivity index (χ3v) is 2.73. The van der Waals surface area contributed by atoms with Crippen LogP contribution in [0.5, 0.6) is 0 Å². The molecule has 0 atom stereocenters. The van der Waals surface area contributed by atoms with Gasteiger partial charge in [0.25, 0.3) is 0 Å². The molecule has 0 saturated carbocycles. The van der Waals surface area contributed by atoms with Crippen LogP contribution in [0.3, 0.4) is 0 Å². The second-order valence-corrected chi connectivity index (χ2v) is 5.35. The van der Waals surface area contributed by atoms with Gasteiger partial charge in [-0.2, -0.15) is 0 Å². The average molecular weight is 324 g/mol. The molecule has 24 heavy (non-hydrogen) atoms. The first-order valence-electron chi connectivity index (χ1n) is 7.63. The van der Waals surface area contributed by atoms with E-state index in [4.69, 9.17) is 0 Å². The van der Waals surface area contributed by atoms with E-state index in [1.165, 1.54) is 0 Å². The number of aryl methyl sites for hydroxylation is 6. The summed E-state index contributed by atoms with van der Waals surface area (Å²) >= 11 is 0. The summed E-state index contributed by atoms with van der Waals surface area (Å²) in [7, 11) is 0. The molecule has 0 unspecified atom stereocenters. The van der Waals surface area contributed by atoms with Crippen LogP contribution < -0.4 is 0 Å². The molecule has 0 bridgehead atoms. The highest BCUT2D eigenvalue weighted by atomic mass is 14.9. The van der Waals surface area contributed by atoms with Gasteiger partial charge < -0.3 is 0 Å². The minimum Gasteiger partial charge on any atom is -0.261 e. The molecule has 3 aromatic rings. The lowest BCUT2D eigenvalue weighted by atomic mass is 10.4. The first-order chi connectivity index (χ1) is 11.4. The molecular formula is C18H24N6. The van der Waals surface area contributed by atoms with Gasteiger partial charge in [-0.1, -0.05) is 0 Å². The minimum absolute atomic E-state index is 0.838. The maximum Gasteiger partial charge on any atom is 0.125 e. The Labute approximate surface area is 143 Å². The standard InChI is InChI=1S/3C6H8N2/c1-5-3-7-4-6(2)8-5;1-5-3-6(2)8-4-7-5;1-5-3-4-7-6(2)8-5/h3*3-4H,1-2H3. The van der Waals surface area contributed by atoms with Gasteiger partial charge in [-0.3, -0.25) is 9.97 Å². The van der Waals surface area contributed by atoms with E-state index in [1.54, 1.807) is 24.9 Å². The third-order valence-electron chi connectivity index (χ3n) is 2.73. The summed E-state index contributed by atoms with van der Waals surface area (Å²) in [6.07, 6.45) is 6.82. The SMILES string of the molecule is Cc1cc(C)ncn1.Cc1ccnc(C)n1.Cc1cncc(C)n1. The van der Waals surface area contributed by atoms with E-state index in [0.717, 1.165) is 34.3 Å². The molecule has 3 heterocycles. The Balaban J connectivity index is 0.000000180. The van der Waals surface area contributed by atoms with Crippen LogP contribution in [0.2, 0.25) is 0 Å². The predicted octanol–water partition coefficient (Wildman–Crippen LogP) is 3.28. The predicted molar refractivity (Wildman–Crippen MR) is 94.5 cm³/mol. The van der Waals surface area contributed by atoms with Gasteiger partial charge in [0, 0.05) is 35.7 Å². The van der Waals surface area contributed by atoms with Crippen molar-refractivity contribution in [2.45, 2.75) is 41.5 Å². The fourth-order valence-electron chi connectivity index (χ4n) is 1.75. The molecule has 0 aliphatic carbocycles. The molecule has 3 aromatic heterocycles. The Bertz CT molecular complexity index is 603. The van der Waals surface area contributed by atoms with Crippen molar-refractivity contribution in [3.05, 3.63) is 71.3 Å². The lowest BCUT2D eigenvalue weighted by molar-refractivity contribution is 1.01. The average Bonchev–Trinajstić information content (AvgIpc) is 2.47. The summed E-state index contributed by atoms with van der Waals surface area (Å²) in [5.41, 5.74) is 5.03. The first kappa shape index (κ1) is 19.3. The molecule has 0 aromatic carbocycles. The largest absolute Gasteiger partial charge is 0.261 e. The van der Waals surface area contributed by atoms with Crippen LogP contribution in [0.4, 0.5) is 0 Å². The molecule has 0 aliphatic rings. The molecule has 126 valence electrons. The Morgan fingerprint density at radius 2 is 1.21 bits per heavy atom. The lowest BCUT2D eigenvalue weighted by Crippen LogP contribution is -1.86. The lowest BCUT2D eigenvalue weighted by Gasteiger charge is -1.89. The number of hydrogen-bond acceptors (Lipinski definition) is 6. The van der Waals surface area contributed by atoms with Crippen molar-refractivity contribution < 1.29 is 0 Å². The van der Waals surface area contributed by atoms with Crippen molar-refractivity contribution >= 4 is 0 Å². The Kier molecular flexibility index (Phi) is 8.11. The number of nitrogens with zero attached hydrogens (tertiary/aromatic N) is 6. The van der Waals surface area contributed by atoms with E-state index >= 15 is 0 Å². The number of hydrogen-bond donors (Lipinski definition) is 0. The molecule has 0 amide bonds. The van der Waals surface area contributed by atoms with Crippen molar-refractivity contribution in [1.82, 2.24) is 29.9 Å². The molecule has 6 nitrogen and oxygen atoms in total. The third kappa shape index (κ3) is 8.63. The zero-order valence-electron chi connectivity index (χ0n) is 15.1. The molecule has 0 aliphatic heterocycles. The summed E-state index contributed by atoms with van der Waals surface area (Å²) in [4.78, 5) is 23.9. The zero-order chi connectivity index (χ0) is 17.9. The van der Waals surface area contributed by atoms with Crippen molar-refractivity contribution in [2.24, 2.45) is 0 Å². The molecule has 0 saturated heterocycles. The highest BCUT2D eigenvalue weighted by molar-refractivity contribution is 5.03. The van der Waals surface area contributed by atoms with Crippen LogP contribution in [0, 0.1) is 41.5 Å². The van der Waals surface area contributed by atoms with E-state index in [-0.39, 0.29) is 0 Å². The molecule has 0 N–H and O–H groups in total. The zero-order valence-corrected chi connectivity index (χ0v) is 15.1. The van der Waals surface area contributed by atoms with Crippen molar-refractivity contribution in [3.8, 4) is 0 Å². The van der Waals surface area contributed by atoms with Crippen LogP contribution in [0.25, 0.3) is 0 Å². The van der Waals surface area contributed by atoms with E-state index in [9.17, 15) is 0 Å². The molecule has 3 rings (SSSR count). The summed E-state index contributed by atoms with van der Waals surface area (Å²) in [5, 5.41) is 0. The molecule has 0 radical (unpaired) electrons. The Morgan fingerprint density at radius 1 is 0.625 bits per heavy atom.